The summed E-state index contributed by atoms with van der Waals surface area (Å²) < 4.78 is 1.95. The third-order valence-corrected chi connectivity index (χ3v) is 4.12. The van der Waals surface area contributed by atoms with Gasteiger partial charge in [-0.2, -0.15) is 5.10 Å². The number of nitrogens with zero attached hydrogens (tertiary/aromatic N) is 3. The predicted molar refractivity (Wildman–Crippen MR) is 68.2 cm³/mol. The topological polar surface area (TPSA) is 30.7 Å². The maximum Gasteiger partial charge on any atom is 0.138 e. The van der Waals surface area contributed by atoms with E-state index in [1.165, 1.54) is 0 Å². The van der Waals surface area contributed by atoms with Gasteiger partial charge in [0.25, 0.3) is 0 Å². The summed E-state index contributed by atoms with van der Waals surface area (Å²) in [5, 5.41) is 4.21. The zero-order valence-electron chi connectivity index (χ0n) is 9.92. The molecule has 92 valence electrons. The van der Waals surface area contributed by atoms with Gasteiger partial charge in [0.2, 0.25) is 0 Å². The van der Waals surface area contributed by atoms with Crippen molar-refractivity contribution in [3.63, 3.8) is 0 Å². The van der Waals surface area contributed by atoms with E-state index < -0.39 is 0 Å². The van der Waals surface area contributed by atoms with Gasteiger partial charge in [-0.3, -0.25) is 4.68 Å². The van der Waals surface area contributed by atoms with Gasteiger partial charge in [0.15, 0.2) is 0 Å². The molecule has 0 radical (unpaired) electrons. The Morgan fingerprint density at radius 3 is 2.50 bits per heavy atom. The molecule has 0 saturated carbocycles. The minimum atomic E-state index is -0.0539. The standard InChI is InChI=1S/C11H19Cl2N3/c1-3-5-16-10(14-9-15-16)6-11(4-2,7-12)8-13/h9H,3-8H2,1-2H3. The highest BCUT2D eigenvalue weighted by Gasteiger charge is 2.28. The summed E-state index contributed by atoms with van der Waals surface area (Å²) in [7, 11) is 0. The molecule has 16 heavy (non-hydrogen) atoms. The second-order valence-electron chi connectivity index (χ2n) is 4.20. The van der Waals surface area contributed by atoms with Crippen LogP contribution in [0.2, 0.25) is 0 Å². The van der Waals surface area contributed by atoms with E-state index in [1.807, 2.05) is 4.68 Å². The molecule has 1 aromatic rings. The SMILES string of the molecule is CCCn1ncnc1CC(CC)(CCl)CCl. The van der Waals surface area contributed by atoms with E-state index in [0.717, 1.165) is 31.6 Å². The van der Waals surface area contributed by atoms with Crippen molar-refractivity contribution in [2.45, 2.75) is 39.7 Å². The number of aromatic nitrogens is 3. The van der Waals surface area contributed by atoms with E-state index in [9.17, 15) is 0 Å². The van der Waals surface area contributed by atoms with Crippen LogP contribution >= 0.6 is 23.2 Å². The molecule has 0 aliphatic heterocycles. The van der Waals surface area contributed by atoms with Crippen molar-refractivity contribution in [3.05, 3.63) is 12.2 Å². The Morgan fingerprint density at radius 1 is 1.31 bits per heavy atom. The van der Waals surface area contributed by atoms with E-state index in [4.69, 9.17) is 23.2 Å². The lowest BCUT2D eigenvalue weighted by molar-refractivity contribution is 0.344. The van der Waals surface area contributed by atoms with Crippen molar-refractivity contribution in [1.29, 1.82) is 0 Å². The first kappa shape index (κ1) is 13.8. The van der Waals surface area contributed by atoms with Crippen molar-refractivity contribution >= 4 is 23.2 Å². The fourth-order valence-electron chi connectivity index (χ4n) is 1.60. The molecule has 0 fully saturated rings. The molecule has 3 nitrogen and oxygen atoms in total. The fraction of sp³-hybridized carbons (Fsp3) is 0.818. The second-order valence-corrected chi connectivity index (χ2v) is 4.73. The highest BCUT2D eigenvalue weighted by Crippen LogP contribution is 2.29. The van der Waals surface area contributed by atoms with E-state index in [0.29, 0.717) is 11.8 Å². The first-order chi connectivity index (χ1) is 7.71. The monoisotopic (exact) mass is 263 g/mol. The van der Waals surface area contributed by atoms with Crippen LogP contribution in [-0.2, 0) is 13.0 Å². The van der Waals surface area contributed by atoms with Gasteiger partial charge in [-0.1, -0.05) is 13.8 Å². The number of hydrogen-bond donors (Lipinski definition) is 0. The van der Waals surface area contributed by atoms with Crippen molar-refractivity contribution < 1.29 is 0 Å². The summed E-state index contributed by atoms with van der Waals surface area (Å²) in [5.41, 5.74) is -0.0539. The van der Waals surface area contributed by atoms with E-state index >= 15 is 0 Å². The number of hydrogen-bond acceptors (Lipinski definition) is 2. The molecule has 0 unspecified atom stereocenters. The predicted octanol–water partition coefficient (Wildman–Crippen LogP) is 3.10. The van der Waals surface area contributed by atoms with Crippen LogP contribution in [0.25, 0.3) is 0 Å². The molecular weight excluding hydrogens is 245 g/mol. The van der Waals surface area contributed by atoms with Gasteiger partial charge in [-0.05, 0) is 12.8 Å². The number of rotatable bonds is 7. The van der Waals surface area contributed by atoms with Crippen LogP contribution in [0.3, 0.4) is 0 Å². The van der Waals surface area contributed by atoms with Gasteiger partial charge < -0.3 is 0 Å². The minimum absolute atomic E-state index is 0.0539. The van der Waals surface area contributed by atoms with Crippen molar-refractivity contribution in [1.82, 2.24) is 14.8 Å². The number of aryl methyl sites for hydroxylation is 1. The zero-order valence-corrected chi connectivity index (χ0v) is 11.4. The molecule has 0 aliphatic carbocycles. The maximum absolute atomic E-state index is 6.03. The third kappa shape index (κ3) is 3.11. The summed E-state index contributed by atoms with van der Waals surface area (Å²) >= 11 is 12.1. The second kappa shape index (κ2) is 6.45. The Kier molecular flexibility index (Phi) is 5.56. The lowest BCUT2D eigenvalue weighted by Gasteiger charge is -2.27. The number of alkyl halides is 2. The molecule has 0 saturated heterocycles. The Morgan fingerprint density at radius 2 is 2.00 bits per heavy atom. The van der Waals surface area contributed by atoms with Crippen LogP contribution in [0.1, 0.15) is 32.5 Å². The van der Waals surface area contributed by atoms with Gasteiger partial charge in [0, 0.05) is 30.1 Å². The van der Waals surface area contributed by atoms with Gasteiger partial charge in [0.1, 0.15) is 12.2 Å². The maximum atomic E-state index is 6.03. The van der Waals surface area contributed by atoms with Crippen LogP contribution in [-0.4, -0.2) is 26.5 Å². The molecule has 5 heteroatoms. The van der Waals surface area contributed by atoms with Crippen LogP contribution < -0.4 is 0 Å². The van der Waals surface area contributed by atoms with Gasteiger partial charge in [-0.15, -0.1) is 23.2 Å². The van der Waals surface area contributed by atoms with E-state index in [1.54, 1.807) is 6.33 Å². The fourth-order valence-corrected chi connectivity index (χ4v) is 2.46. The summed E-state index contributed by atoms with van der Waals surface area (Å²) in [6.07, 6.45) is 4.42. The smallest absolute Gasteiger partial charge is 0.138 e. The van der Waals surface area contributed by atoms with Crippen LogP contribution in [0.15, 0.2) is 6.33 Å². The Hall–Kier alpha value is -0.280. The molecule has 0 bridgehead atoms. The van der Waals surface area contributed by atoms with Crippen molar-refractivity contribution in [2.75, 3.05) is 11.8 Å². The van der Waals surface area contributed by atoms with Crippen molar-refractivity contribution in [3.8, 4) is 0 Å². The average Bonchev–Trinajstić information content (AvgIpc) is 2.74. The molecule has 1 aromatic heterocycles. The molecule has 0 atom stereocenters. The molecule has 0 amide bonds. The van der Waals surface area contributed by atoms with Crippen LogP contribution in [0.5, 0.6) is 0 Å². The van der Waals surface area contributed by atoms with Gasteiger partial charge in [-0.25, -0.2) is 4.98 Å². The average molecular weight is 264 g/mol. The third-order valence-electron chi connectivity index (χ3n) is 2.98. The van der Waals surface area contributed by atoms with Gasteiger partial charge >= 0.3 is 0 Å². The molecule has 0 aromatic carbocycles. The first-order valence-electron chi connectivity index (χ1n) is 5.70. The molecular formula is C11H19Cl2N3. The number of halogens is 2. The summed E-state index contributed by atoms with van der Waals surface area (Å²) in [4.78, 5) is 4.30. The summed E-state index contributed by atoms with van der Waals surface area (Å²) in [6.45, 7) is 5.15. The Bertz CT molecular complexity index is 300. The van der Waals surface area contributed by atoms with E-state index in [2.05, 4.69) is 23.9 Å². The van der Waals surface area contributed by atoms with Crippen LogP contribution in [0, 0.1) is 5.41 Å². The highest BCUT2D eigenvalue weighted by molar-refractivity contribution is 6.21. The van der Waals surface area contributed by atoms with Gasteiger partial charge in [0.05, 0.1) is 0 Å². The molecule has 0 N–H and O–H groups in total. The van der Waals surface area contributed by atoms with Crippen molar-refractivity contribution in [2.24, 2.45) is 5.41 Å². The molecule has 1 rings (SSSR count). The lowest BCUT2D eigenvalue weighted by atomic mass is 9.85. The summed E-state index contributed by atoms with van der Waals surface area (Å²) in [5.74, 6) is 2.11. The molecule has 0 spiro atoms. The molecule has 0 aliphatic rings. The van der Waals surface area contributed by atoms with E-state index in [-0.39, 0.29) is 5.41 Å². The largest absolute Gasteiger partial charge is 0.250 e. The normalized spacial score (nSPS) is 12.0. The van der Waals surface area contributed by atoms with Crippen LogP contribution in [0.4, 0.5) is 0 Å². The highest BCUT2D eigenvalue weighted by atomic mass is 35.5. The Balaban J connectivity index is 2.80. The zero-order chi connectivity index (χ0) is 12.0. The first-order valence-corrected chi connectivity index (χ1v) is 6.77. The lowest BCUT2D eigenvalue weighted by Crippen LogP contribution is -2.29. The quantitative estimate of drug-likeness (QED) is 0.708. The summed E-state index contributed by atoms with van der Waals surface area (Å²) in [6, 6.07) is 0. The Labute approximate surface area is 107 Å². The molecule has 1 heterocycles. The minimum Gasteiger partial charge on any atom is -0.250 e.